The molecule has 7 nitrogen and oxygen atoms in total. The van der Waals surface area contributed by atoms with E-state index in [9.17, 15) is 27.6 Å². The van der Waals surface area contributed by atoms with E-state index in [0.29, 0.717) is 51.9 Å². The number of hydrogen-bond donors (Lipinski definition) is 1. The lowest BCUT2D eigenvalue weighted by molar-refractivity contribution is -0.143. The van der Waals surface area contributed by atoms with Gasteiger partial charge in [-0.15, -0.1) is 0 Å². The predicted molar refractivity (Wildman–Crippen MR) is 110 cm³/mol. The van der Waals surface area contributed by atoms with E-state index >= 15 is 0 Å². The molecule has 1 saturated carbocycles. The van der Waals surface area contributed by atoms with Crippen molar-refractivity contribution in [2.24, 2.45) is 11.8 Å². The highest BCUT2D eigenvalue weighted by Crippen LogP contribution is 2.36. The average Bonchev–Trinajstić information content (AvgIpc) is 3.08. The summed E-state index contributed by atoms with van der Waals surface area (Å²) in [6, 6.07) is 4.18. The van der Waals surface area contributed by atoms with Crippen LogP contribution in [0.5, 0.6) is 0 Å². The number of carboxylic acids is 1. The van der Waals surface area contributed by atoms with Crippen molar-refractivity contribution in [3.05, 3.63) is 35.4 Å². The molecule has 2 aliphatic heterocycles. The molecule has 1 aromatic rings. The van der Waals surface area contributed by atoms with Crippen LogP contribution < -0.4 is 0 Å². The summed E-state index contributed by atoms with van der Waals surface area (Å²) >= 11 is 0. The van der Waals surface area contributed by atoms with Crippen molar-refractivity contribution in [2.75, 3.05) is 26.2 Å². The van der Waals surface area contributed by atoms with Crippen LogP contribution in [0.15, 0.2) is 24.3 Å². The van der Waals surface area contributed by atoms with Crippen molar-refractivity contribution in [2.45, 2.75) is 50.3 Å². The molecule has 0 radical (unpaired) electrons. The Morgan fingerprint density at radius 3 is 2.21 bits per heavy atom. The second kappa shape index (κ2) is 8.87. The van der Waals surface area contributed by atoms with Gasteiger partial charge < -0.3 is 19.6 Å². The summed E-state index contributed by atoms with van der Waals surface area (Å²) < 4.78 is 43.9. The van der Waals surface area contributed by atoms with E-state index in [1.54, 1.807) is 9.80 Å². The number of carbonyl (C=O) groups excluding carboxylic acids is 2. The molecule has 180 valence electrons. The summed E-state index contributed by atoms with van der Waals surface area (Å²) in [6.07, 6.45) is -1.12. The molecular weight excluding hydrogens is 441 g/mol. The summed E-state index contributed by atoms with van der Waals surface area (Å²) in [5.74, 6) is -1.14. The number of likely N-dealkylation sites (tertiary alicyclic amines) is 1. The zero-order valence-electron chi connectivity index (χ0n) is 18.1. The Morgan fingerprint density at radius 1 is 1.06 bits per heavy atom. The van der Waals surface area contributed by atoms with E-state index in [2.05, 4.69) is 0 Å². The Labute approximate surface area is 189 Å². The first-order valence-electron chi connectivity index (χ1n) is 11.2. The van der Waals surface area contributed by atoms with Crippen LogP contribution in [0.1, 0.15) is 54.4 Å². The van der Waals surface area contributed by atoms with E-state index in [-0.39, 0.29) is 29.4 Å². The quantitative estimate of drug-likeness (QED) is 0.721. The number of hydrogen-bond acceptors (Lipinski definition) is 4. The number of carboxylic acid groups (broad SMARTS) is 1. The summed E-state index contributed by atoms with van der Waals surface area (Å²) in [7, 11) is 0. The third-order valence-corrected chi connectivity index (χ3v) is 7.14. The van der Waals surface area contributed by atoms with Crippen molar-refractivity contribution >= 4 is 18.0 Å². The van der Waals surface area contributed by atoms with E-state index in [4.69, 9.17) is 9.84 Å². The number of nitrogens with zero attached hydrogens (tertiary/aromatic N) is 2. The smallest absolute Gasteiger partial charge is 0.416 e. The van der Waals surface area contributed by atoms with Gasteiger partial charge in [0.25, 0.3) is 5.91 Å². The van der Waals surface area contributed by atoms with Gasteiger partial charge in [-0.25, -0.2) is 4.79 Å². The molecule has 4 rings (SSSR count). The number of aliphatic carboxylic acids is 1. The molecule has 2 amide bonds. The van der Waals surface area contributed by atoms with Gasteiger partial charge in [0.15, 0.2) is 0 Å². The molecule has 33 heavy (non-hydrogen) atoms. The minimum Gasteiger partial charge on any atom is -0.481 e. The van der Waals surface area contributed by atoms with Crippen LogP contribution in [0.4, 0.5) is 18.0 Å². The number of rotatable bonds is 4. The molecule has 3 fully saturated rings. The lowest BCUT2D eigenvalue weighted by Crippen LogP contribution is -2.49. The topological polar surface area (TPSA) is 87.2 Å². The fraction of sp³-hybridized carbons (Fsp3) is 0.609. The molecule has 1 N–H and O–H groups in total. The number of amides is 2. The van der Waals surface area contributed by atoms with Gasteiger partial charge in [-0.05, 0) is 55.9 Å². The second-order valence-electron chi connectivity index (χ2n) is 9.35. The van der Waals surface area contributed by atoms with Crippen LogP contribution in [0.2, 0.25) is 0 Å². The standard InChI is InChI=1S/C23H27F3N2O5/c24-23(25,26)18-7-5-16(6-8-18)19(29)27-11-9-22(10-12-27)14-28(21(32)33-22)13-15-1-3-17(4-2-15)20(30)31/h5-8,15,17H,1-4,9-14H2,(H,30,31). The predicted octanol–water partition coefficient (Wildman–Crippen LogP) is 4.02. The SMILES string of the molecule is O=C(O)C1CCC(CN2CC3(CCN(C(=O)c4ccc(C(F)(F)F)cc4)CC3)OC2=O)CC1. The van der Waals surface area contributed by atoms with Gasteiger partial charge in [-0.3, -0.25) is 9.59 Å². The molecule has 10 heteroatoms. The highest BCUT2D eigenvalue weighted by atomic mass is 19.4. The lowest BCUT2D eigenvalue weighted by atomic mass is 9.81. The Hall–Kier alpha value is -2.78. The van der Waals surface area contributed by atoms with E-state index in [1.165, 1.54) is 12.1 Å². The van der Waals surface area contributed by atoms with Gasteiger partial charge in [-0.1, -0.05) is 0 Å². The summed E-state index contributed by atoms with van der Waals surface area (Å²) in [6.45, 7) is 1.68. The van der Waals surface area contributed by atoms with Crippen LogP contribution in [-0.4, -0.2) is 64.7 Å². The van der Waals surface area contributed by atoms with Gasteiger partial charge in [0, 0.05) is 38.0 Å². The highest BCUT2D eigenvalue weighted by Gasteiger charge is 2.48. The maximum atomic E-state index is 12.7. The molecule has 1 aromatic carbocycles. The Morgan fingerprint density at radius 2 is 1.67 bits per heavy atom. The Balaban J connectivity index is 1.29. The first-order valence-corrected chi connectivity index (χ1v) is 11.2. The molecule has 0 atom stereocenters. The zero-order chi connectivity index (χ0) is 23.8. The molecule has 1 aliphatic carbocycles. The third-order valence-electron chi connectivity index (χ3n) is 7.14. The summed E-state index contributed by atoms with van der Waals surface area (Å²) in [5, 5.41) is 9.14. The number of alkyl halides is 3. The maximum absolute atomic E-state index is 12.7. The van der Waals surface area contributed by atoms with Crippen LogP contribution >= 0.6 is 0 Å². The number of ether oxygens (including phenoxy) is 1. The number of carbonyl (C=O) groups is 3. The van der Waals surface area contributed by atoms with Gasteiger partial charge in [0.2, 0.25) is 0 Å². The number of benzene rings is 1. The van der Waals surface area contributed by atoms with Gasteiger partial charge in [-0.2, -0.15) is 13.2 Å². The highest BCUT2D eigenvalue weighted by molar-refractivity contribution is 5.94. The monoisotopic (exact) mass is 468 g/mol. The van der Waals surface area contributed by atoms with Crippen molar-refractivity contribution in [1.29, 1.82) is 0 Å². The van der Waals surface area contributed by atoms with Crippen molar-refractivity contribution in [3.8, 4) is 0 Å². The van der Waals surface area contributed by atoms with E-state index in [1.807, 2.05) is 0 Å². The second-order valence-corrected chi connectivity index (χ2v) is 9.35. The van der Waals surface area contributed by atoms with Crippen LogP contribution in [0.3, 0.4) is 0 Å². The molecule has 1 spiro atoms. The summed E-state index contributed by atoms with van der Waals surface area (Å²) in [4.78, 5) is 39.6. The average molecular weight is 468 g/mol. The first kappa shape index (κ1) is 23.4. The van der Waals surface area contributed by atoms with Crippen LogP contribution in [-0.2, 0) is 15.7 Å². The van der Waals surface area contributed by atoms with Crippen molar-refractivity contribution in [3.63, 3.8) is 0 Å². The van der Waals surface area contributed by atoms with E-state index in [0.717, 1.165) is 25.0 Å². The van der Waals surface area contributed by atoms with Crippen LogP contribution in [0, 0.1) is 11.8 Å². The van der Waals surface area contributed by atoms with Crippen molar-refractivity contribution in [1.82, 2.24) is 9.80 Å². The fourth-order valence-corrected chi connectivity index (χ4v) is 5.10. The lowest BCUT2D eigenvalue weighted by Gasteiger charge is -2.37. The van der Waals surface area contributed by atoms with Gasteiger partial charge in [0.05, 0.1) is 18.0 Å². The zero-order valence-corrected chi connectivity index (χ0v) is 18.1. The van der Waals surface area contributed by atoms with Crippen molar-refractivity contribution < 1.29 is 37.4 Å². The largest absolute Gasteiger partial charge is 0.481 e. The molecule has 2 saturated heterocycles. The minimum atomic E-state index is -4.45. The minimum absolute atomic E-state index is 0.195. The fourth-order valence-electron chi connectivity index (χ4n) is 5.10. The molecule has 0 unspecified atom stereocenters. The maximum Gasteiger partial charge on any atom is 0.416 e. The molecule has 2 heterocycles. The van der Waals surface area contributed by atoms with Gasteiger partial charge >= 0.3 is 18.2 Å². The summed E-state index contributed by atoms with van der Waals surface area (Å²) in [5.41, 5.74) is -1.27. The number of piperidine rings is 1. The molecular formula is C23H27F3N2O5. The van der Waals surface area contributed by atoms with Gasteiger partial charge in [0.1, 0.15) is 5.60 Å². The molecule has 0 bridgehead atoms. The number of halogens is 3. The Bertz CT molecular complexity index is 902. The normalized spacial score (nSPS) is 25.2. The molecule has 3 aliphatic rings. The Kier molecular flexibility index (Phi) is 6.28. The van der Waals surface area contributed by atoms with Crippen LogP contribution in [0.25, 0.3) is 0 Å². The van der Waals surface area contributed by atoms with E-state index < -0.39 is 23.3 Å². The first-order chi connectivity index (χ1) is 15.6. The third kappa shape index (κ3) is 5.09. The molecule has 0 aromatic heterocycles.